The predicted octanol–water partition coefficient (Wildman–Crippen LogP) is 7.38. The molecule has 1 aliphatic rings. The summed E-state index contributed by atoms with van der Waals surface area (Å²) in [5.74, 6) is 0. The summed E-state index contributed by atoms with van der Waals surface area (Å²) in [4.78, 5) is 2.52. The third-order valence-corrected chi connectivity index (χ3v) is 6.34. The van der Waals surface area contributed by atoms with Gasteiger partial charge in [0, 0.05) is 26.2 Å². The summed E-state index contributed by atoms with van der Waals surface area (Å²) < 4.78 is 11.8. The summed E-state index contributed by atoms with van der Waals surface area (Å²) in [6.45, 7) is 10.7. The van der Waals surface area contributed by atoms with Gasteiger partial charge in [-0.15, -0.1) is 0 Å². The molecule has 0 spiro atoms. The van der Waals surface area contributed by atoms with Gasteiger partial charge < -0.3 is 9.47 Å². The molecule has 1 heterocycles. The Morgan fingerprint density at radius 3 is 1.66 bits per heavy atom. The Bertz CT molecular complexity index is 300. The van der Waals surface area contributed by atoms with Crippen molar-refractivity contribution < 1.29 is 9.47 Å². The second-order valence-corrected chi connectivity index (χ2v) is 9.12. The van der Waals surface area contributed by atoms with Crippen LogP contribution in [-0.4, -0.2) is 50.5 Å². The first-order chi connectivity index (χ1) is 14.4. The standard InChI is InChI=1S/C26H53NO2/c1-3-5-7-9-11-13-15-18-26(19-16-14-12-10-8-6-4-2)29-23-17-20-27-21-24-28-25-22-27/h26H,3-25H2,1-2H3. The van der Waals surface area contributed by atoms with Crippen molar-refractivity contribution in [3.63, 3.8) is 0 Å². The van der Waals surface area contributed by atoms with Crippen LogP contribution in [0.1, 0.15) is 123 Å². The molecule has 0 N–H and O–H groups in total. The van der Waals surface area contributed by atoms with Gasteiger partial charge in [-0.05, 0) is 19.3 Å². The summed E-state index contributed by atoms with van der Waals surface area (Å²) in [7, 11) is 0. The van der Waals surface area contributed by atoms with Gasteiger partial charge >= 0.3 is 0 Å². The van der Waals surface area contributed by atoms with Crippen molar-refractivity contribution in [3.8, 4) is 0 Å². The molecule has 3 nitrogen and oxygen atoms in total. The largest absolute Gasteiger partial charge is 0.379 e. The minimum Gasteiger partial charge on any atom is -0.379 e. The number of hydrogen-bond acceptors (Lipinski definition) is 3. The Balaban J connectivity index is 2.11. The van der Waals surface area contributed by atoms with Gasteiger partial charge in [0.05, 0.1) is 19.3 Å². The van der Waals surface area contributed by atoms with E-state index in [1.165, 1.54) is 116 Å². The minimum atomic E-state index is 0.506. The maximum Gasteiger partial charge on any atom is 0.0594 e. The van der Waals surface area contributed by atoms with Crippen LogP contribution < -0.4 is 0 Å². The van der Waals surface area contributed by atoms with Gasteiger partial charge in [0.1, 0.15) is 0 Å². The first-order valence-corrected chi connectivity index (χ1v) is 13.3. The van der Waals surface area contributed by atoms with E-state index in [2.05, 4.69) is 18.7 Å². The first kappa shape index (κ1) is 26.9. The molecule has 174 valence electrons. The molecule has 0 aromatic rings. The maximum absolute atomic E-state index is 6.37. The van der Waals surface area contributed by atoms with Gasteiger partial charge in [0.15, 0.2) is 0 Å². The number of rotatable bonds is 21. The number of ether oxygens (including phenoxy) is 2. The van der Waals surface area contributed by atoms with Gasteiger partial charge in [-0.1, -0.05) is 104 Å². The minimum absolute atomic E-state index is 0.506. The van der Waals surface area contributed by atoms with Crippen molar-refractivity contribution in [1.29, 1.82) is 0 Å². The molecule has 0 atom stereocenters. The molecule has 0 amide bonds. The topological polar surface area (TPSA) is 21.7 Å². The van der Waals surface area contributed by atoms with Crippen LogP contribution in [0.5, 0.6) is 0 Å². The first-order valence-electron chi connectivity index (χ1n) is 13.3. The third-order valence-electron chi connectivity index (χ3n) is 6.34. The smallest absolute Gasteiger partial charge is 0.0594 e. The average molecular weight is 412 g/mol. The fraction of sp³-hybridized carbons (Fsp3) is 1.00. The number of nitrogens with zero attached hydrogens (tertiary/aromatic N) is 1. The van der Waals surface area contributed by atoms with E-state index in [1.54, 1.807) is 0 Å². The fourth-order valence-corrected chi connectivity index (χ4v) is 4.33. The van der Waals surface area contributed by atoms with Crippen molar-refractivity contribution in [1.82, 2.24) is 4.90 Å². The molecule has 0 unspecified atom stereocenters. The van der Waals surface area contributed by atoms with E-state index in [1.807, 2.05) is 0 Å². The third kappa shape index (κ3) is 17.3. The Kier molecular flexibility index (Phi) is 19.6. The van der Waals surface area contributed by atoms with E-state index >= 15 is 0 Å². The molecule has 1 saturated heterocycles. The summed E-state index contributed by atoms with van der Waals surface area (Å²) in [5.41, 5.74) is 0. The van der Waals surface area contributed by atoms with Crippen LogP contribution in [0.15, 0.2) is 0 Å². The van der Waals surface area contributed by atoms with E-state index in [4.69, 9.17) is 9.47 Å². The van der Waals surface area contributed by atoms with Crippen molar-refractivity contribution in [3.05, 3.63) is 0 Å². The molecule has 0 bridgehead atoms. The van der Waals surface area contributed by atoms with Crippen molar-refractivity contribution in [2.24, 2.45) is 0 Å². The predicted molar refractivity (Wildman–Crippen MR) is 127 cm³/mol. The molecule has 29 heavy (non-hydrogen) atoms. The van der Waals surface area contributed by atoms with E-state index in [0.717, 1.165) is 32.9 Å². The maximum atomic E-state index is 6.37. The quantitative estimate of drug-likeness (QED) is 0.184. The zero-order valence-electron chi connectivity index (χ0n) is 20.1. The van der Waals surface area contributed by atoms with E-state index < -0.39 is 0 Å². The van der Waals surface area contributed by atoms with Gasteiger partial charge in [-0.25, -0.2) is 0 Å². The number of hydrogen-bond donors (Lipinski definition) is 0. The highest BCUT2D eigenvalue weighted by molar-refractivity contribution is 4.63. The normalized spacial score (nSPS) is 15.4. The Morgan fingerprint density at radius 1 is 0.655 bits per heavy atom. The monoisotopic (exact) mass is 411 g/mol. The highest BCUT2D eigenvalue weighted by atomic mass is 16.5. The van der Waals surface area contributed by atoms with Crippen LogP contribution in [0, 0.1) is 0 Å². The highest BCUT2D eigenvalue weighted by Gasteiger charge is 2.12. The van der Waals surface area contributed by atoms with E-state index in [-0.39, 0.29) is 0 Å². The summed E-state index contributed by atoms with van der Waals surface area (Å²) in [6, 6.07) is 0. The lowest BCUT2D eigenvalue weighted by molar-refractivity contribution is 0.0149. The second kappa shape index (κ2) is 21.1. The van der Waals surface area contributed by atoms with Crippen LogP contribution in [0.4, 0.5) is 0 Å². The molecule has 0 saturated carbocycles. The van der Waals surface area contributed by atoms with E-state index in [9.17, 15) is 0 Å². The van der Waals surface area contributed by atoms with Crippen molar-refractivity contribution in [2.75, 3.05) is 39.5 Å². The Labute approximate surface area is 183 Å². The van der Waals surface area contributed by atoms with Crippen LogP contribution in [-0.2, 0) is 9.47 Å². The van der Waals surface area contributed by atoms with Gasteiger partial charge in [-0.2, -0.15) is 0 Å². The van der Waals surface area contributed by atoms with Gasteiger partial charge in [-0.3, -0.25) is 4.90 Å². The summed E-state index contributed by atoms with van der Waals surface area (Å²) >= 11 is 0. The second-order valence-electron chi connectivity index (χ2n) is 9.12. The molecule has 1 fully saturated rings. The van der Waals surface area contributed by atoms with Crippen molar-refractivity contribution in [2.45, 2.75) is 129 Å². The van der Waals surface area contributed by atoms with Crippen LogP contribution in [0.2, 0.25) is 0 Å². The lowest BCUT2D eigenvalue weighted by atomic mass is 10.0. The molecule has 0 aliphatic carbocycles. The molecule has 1 aliphatic heterocycles. The lowest BCUT2D eigenvalue weighted by Gasteiger charge is -2.26. The van der Waals surface area contributed by atoms with Crippen LogP contribution >= 0.6 is 0 Å². The summed E-state index contributed by atoms with van der Waals surface area (Å²) in [5, 5.41) is 0. The highest BCUT2D eigenvalue weighted by Crippen LogP contribution is 2.17. The SMILES string of the molecule is CCCCCCCCCC(CCCCCCCCC)OCCCN1CCOCC1. The Hall–Kier alpha value is -0.120. The number of unbranched alkanes of at least 4 members (excludes halogenated alkanes) is 12. The Morgan fingerprint density at radius 2 is 1.14 bits per heavy atom. The van der Waals surface area contributed by atoms with Crippen LogP contribution in [0.3, 0.4) is 0 Å². The molecule has 3 heteroatoms. The molecule has 1 rings (SSSR count). The zero-order chi connectivity index (χ0) is 20.8. The van der Waals surface area contributed by atoms with Gasteiger partial charge in [0.25, 0.3) is 0 Å². The zero-order valence-corrected chi connectivity index (χ0v) is 20.1. The van der Waals surface area contributed by atoms with E-state index in [0.29, 0.717) is 6.10 Å². The average Bonchev–Trinajstić information content (AvgIpc) is 2.75. The molecule has 0 aromatic heterocycles. The lowest BCUT2D eigenvalue weighted by Crippen LogP contribution is -2.37. The molecular formula is C26H53NO2. The molecule has 0 radical (unpaired) electrons. The molecule has 0 aromatic carbocycles. The number of morpholine rings is 1. The molecular weight excluding hydrogens is 358 g/mol. The van der Waals surface area contributed by atoms with Crippen molar-refractivity contribution >= 4 is 0 Å². The van der Waals surface area contributed by atoms with Crippen LogP contribution in [0.25, 0.3) is 0 Å². The summed E-state index contributed by atoms with van der Waals surface area (Å²) in [6.07, 6.45) is 23.8. The fourth-order valence-electron chi connectivity index (χ4n) is 4.33. The van der Waals surface area contributed by atoms with Gasteiger partial charge in [0.2, 0.25) is 0 Å².